The number of rotatable bonds is 5. The summed E-state index contributed by atoms with van der Waals surface area (Å²) in [6.45, 7) is 2.00. The number of ether oxygens (including phenoxy) is 1. The summed E-state index contributed by atoms with van der Waals surface area (Å²) >= 11 is 0. The Morgan fingerprint density at radius 1 is 0.929 bits per heavy atom. The quantitative estimate of drug-likeness (QED) is 0.490. The summed E-state index contributed by atoms with van der Waals surface area (Å²) in [5.41, 5.74) is 1.99. The molecule has 2 heterocycles. The fraction of sp³-hybridized carbons (Fsp3) is 0.0909. The summed E-state index contributed by atoms with van der Waals surface area (Å²) in [6, 6.07) is 19.6. The van der Waals surface area contributed by atoms with Crippen molar-refractivity contribution in [2.45, 2.75) is 6.92 Å². The van der Waals surface area contributed by atoms with Crippen LogP contribution in [0.3, 0.4) is 0 Å². The van der Waals surface area contributed by atoms with Gasteiger partial charge >= 0.3 is 5.97 Å². The van der Waals surface area contributed by atoms with E-state index in [1.54, 1.807) is 43.3 Å². The van der Waals surface area contributed by atoms with Crippen LogP contribution in [0.25, 0.3) is 22.3 Å². The minimum Gasteiger partial charge on any atom is -0.460 e. The topological polar surface area (TPSA) is 81.7 Å². The van der Waals surface area contributed by atoms with Gasteiger partial charge in [0.05, 0.1) is 6.61 Å². The fourth-order valence-corrected chi connectivity index (χ4v) is 2.83. The molecule has 1 N–H and O–H groups in total. The minimum absolute atomic E-state index is 0.124. The van der Waals surface area contributed by atoms with Crippen molar-refractivity contribution >= 4 is 28.5 Å². The van der Waals surface area contributed by atoms with Crippen molar-refractivity contribution in [3.05, 3.63) is 78.3 Å². The monoisotopic (exact) mass is 375 g/mol. The molecule has 6 nitrogen and oxygen atoms in total. The molecular formula is C22H17NO5. The third kappa shape index (κ3) is 3.53. The first-order valence-electron chi connectivity index (χ1n) is 8.81. The van der Waals surface area contributed by atoms with Gasteiger partial charge in [0, 0.05) is 16.6 Å². The fourth-order valence-electron chi connectivity index (χ4n) is 2.83. The lowest BCUT2D eigenvalue weighted by Gasteiger charge is -2.03. The molecule has 2 aromatic heterocycles. The van der Waals surface area contributed by atoms with Gasteiger partial charge < -0.3 is 18.9 Å². The van der Waals surface area contributed by atoms with E-state index in [0.29, 0.717) is 22.4 Å². The first kappa shape index (κ1) is 17.6. The number of hydrogen-bond donors (Lipinski definition) is 1. The van der Waals surface area contributed by atoms with Crippen molar-refractivity contribution < 1.29 is 23.2 Å². The zero-order valence-corrected chi connectivity index (χ0v) is 15.1. The Bertz CT molecular complexity index is 1140. The van der Waals surface area contributed by atoms with Crippen molar-refractivity contribution in [2.75, 3.05) is 11.9 Å². The summed E-state index contributed by atoms with van der Waals surface area (Å²) in [6.07, 6.45) is 0. The Kier molecular flexibility index (Phi) is 4.68. The molecule has 6 heteroatoms. The number of benzene rings is 2. The second-order valence-corrected chi connectivity index (χ2v) is 6.07. The third-order valence-corrected chi connectivity index (χ3v) is 4.14. The van der Waals surface area contributed by atoms with Crippen LogP contribution >= 0.6 is 0 Å². The number of fused-ring (bicyclic) bond motifs is 1. The first-order valence-corrected chi connectivity index (χ1v) is 8.81. The number of carbonyl (C=O) groups is 2. The molecule has 1 amide bonds. The molecule has 140 valence electrons. The third-order valence-electron chi connectivity index (χ3n) is 4.14. The van der Waals surface area contributed by atoms with E-state index in [-0.39, 0.29) is 24.0 Å². The number of hydrogen-bond acceptors (Lipinski definition) is 5. The molecular weight excluding hydrogens is 358 g/mol. The number of amides is 1. The van der Waals surface area contributed by atoms with E-state index in [1.165, 1.54) is 0 Å². The van der Waals surface area contributed by atoms with Gasteiger partial charge in [-0.3, -0.25) is 4.79 Å². The first-order chi connectivity index (χ1) is 13.6. The average molecular weight is 375 g/mol. The van der Waals surface area contributed by atoms with Gasteiger partial charge in [-0.1, -0.05) is 30.3 Å². The van der Waals surface area contributed by atoms with E-state index in [2.05, 4.69) is 5.32 Å². The van der Waals surface area contributed by atoms with Gasteiger partial charge in [-0.05, 0) is 43.3 Å². The Hall–Kier alpha value is -3.80. The standard InChI is InChI=1S/C22H17NO5/c1-2-26-22(25)20-13-15-12-16(8-9-18(15)28-20)23-21(24)19-11-10-17(27-19)14-6-4-3-5-7-14/h3-13H,2H2,1H3,(H,23,24). The van der Waals surface area contributed by atoms with E-state index >= 15 is 0 Å². The normalized spacial score (nSPS) is 10.8. The molecule has 0 bridgehead atoms. The van der Waals surface area contributed by atoms with E-state index in [1.807, 2.05) is 30.3 Å². The Balaban J connectivity index is 1.52. The van der Waals surface area contributed by atoms with Crippen LogP contribution in [-0.4, -0.2) is 18.5 Å². The average Bonchev–Trinajstić information content (AvgIpc) is 3.36. The zero-order valence-electron chi connectivity index (χ0n) is 15.1. The largest absolute Gasteiger partial charge is 0.460 e. The molecule has 2 aromatic carbocycles. The Morgan fingerprint density at radius 3 is 2.54 bits per heavy atom. The zero-order chi connectivity index (χ0) is 19.5. The molecule has 0 atom stereocenters. The molecule has 0 aliphatic rings. The van der Waals surface area contributed by atoms with Crippen LogP contribution in [0.2, 0.25) is 0 Å². The number of anilines is 1. The van der Waals surface area contributed by atoms with Crippen molar-refractivity contribution in [3.8, 4) is 11.3 Å². The van der Waals surface area contributed by atoms with Crippen LogP contribution in [0, 0.1) is 0 Å². The van der Waals surface area contributed by atoms with Crippen molar-refractivity contribution in [1.82, 2.24) is 0 Å². The van der Waals surface area contributed by atoms with Gasteiger partial charge in [0.2, 0.25) is 5.76 Å². The Labute approximate surface area is 160 Å². The molecule has 0 aliphatic carbocycles. The smallest absolute Gasteiger partial charge is 0.374 e. The van der Waals surface area contributed by atoms with E-state index in [0.717, 1.165) is 5.56 Å². The second kappa shape index (κ2) is 7.44. The molecule has 4 rings (SSSR count). The maximum absolute atomic E-state index is 12.5. The van der Waals surface area contributed by atoms with Gasteiger partial charge in [0.15, 0.2) is 5.76 Å². The molecule has 0 saturated heterocycles. The predicted octanol–water partition coefficient (Wildman–Crippen LogP) is 5.12. The van der Waals surface area contributed by atoms with Crippen LogP contribution in [-0.2, 0) is 4.74 Å². The molecule has 0 radical (unpaired) electrons. The van der Waals surface area contributed by atoms with Gasteiger partial charge in [-0.15, -0.1) is 0 Å². The summed E-state index contributed by atoms with van der Waals surface area (Å²) in [5.74, 6) is 0.0660. The van der Waals surface area contributed by atoms with E-state index in [9.17, 15) is 9.59 Å². The van der Waals surface area contributed by atoms with Crippen LogP contribution in [0.1, 0.15) is 28.0 Å². The van der Waals surface area contributed by atoms with Gasteiger partial charge in [-0.25, -0.2) is 4.79 Å². The summed E-state index contributed by atoms with van der Waals surface area (Å²) < 4.78 is 16.1. The van der Waals surface area contributed by atoms with Gasteiger partial charge in [0.25, 0.3) is 5.91 Å². The molecule has 0 saturated carbocycles. The van der Waals surface area contributed by atoms with Gasteiger partial charge in [-0.2, -0.15) is 0 Å². The molecule has 0 unspecified atom stereocenters. The Morgan fingerprint density at radius 2 is 1.75 bits per heavy atom. The number of esters is 1. The maximum atomic E-state index is 12.5. The van der Waals surface area contributed by atoms with Crippen LogP contribution in [0.4, 0.5) is 5.69 Å². The van der Waals surface area contributed by atoms with Crippen molar-refractivity contribution in [3.63, 3.8) is 0 Å². The van der Waals surface area contributed by atoms with E-state index in [4.69, 9.17) is 13.6 Å². The van der Waals surface area contributed by atoms with Crippen LogP contribution in [0.5, 0.6) is 0 Å². The highest BCUT2D eigenvalue weighted by atomic mass is 16.5. The predicted molar refractivity (Wildman–Crippen MR) is 104 cm³/mol. The lowest BCUT2D eigenvalue weighted by molar-refractivity contribution is 0.0492. The lowest BCUT2D eigenvalue weighted by atomic mass is 10.2. The van der Waals surface area contributed by atoms with E-state index < -0.39 is 5.97 Å². The number of nitrogens with one attached hydrogen (secondary N) is 1. The lowest BCUT2D eigenvalue weighted by Crippen LogP contribution is -2.10. The summed E-state index contributed by atoms with van der Waals surface area (Å²) in [5, 5.41) is 3.47. The second-order valence-electron chi connectivity index (χ2n) is 6.07. The number of furan rings is 2. The molecule has 0 fully saturated rings. The maximum Gasteiger partial charge on any atom is 0.374 e. The van der Waals surface area contributed by atoms with Gasteiger partial charge in [0.1, 0.15) is 11.3 Å². The summed E-state index contributed by atoms with van der Waals surface area (Å²) in [7, 11) is 0. The van der Waals surface area contributed by atoms with Crippen LogP contribution in [0.15, 0.2) is 75.6 Å². The highest BCUT2D eigenvalue weighted by molar-refractivity contribution is 6.03. The minimum atomic E-state index is -0.520. The SMILES string of the molecule is CCOC(=O)c1cc2cc(NC(=O)c3ccc(-c4ccccc4)o3)ccc2o1. The highest BCUT2D eigenvalue weighted by Gasteiger charge is 2.15. The highest BCUT2D eigenvalue weighted by Crippen LogP contribution is 2.25. The van der Waals surface area contributed by atoms with Crippen molar-refractivity contribution in [1.29, 1.82) is 0 Å². The molecule has 0 spiro atoms. The van der Waals surface area contributed by atoms with Crippen LogP contribution < -0.4 is 5.32 Å². The summed E-state index contributed by atoms with van der Waals surface area (Å²) in [4.78, 5) is 24.3. The molecule has 28 heavy (non-hydrogen) atoms. The number of carbonyl (C=O) groups excluding carboxylic acids is 2. The molecule has 4 aromatic rings. The molecule has 0 aliphatic heterocycles. The van der Waals surface area contributed by atoms with Crippen molar-refractivity contribution in [2.24, 2.45) is 0 Å².